The van der Waals surface area contributed by atoms with Gasteiger partial charge in [-0.25, -0.2) is 9.59 Å². The second kappa shape index (κ2) is 6.13. The molecule has 0 radical (unpaired) electrons. The van der Waals surface area contributed by atoms with Crippen LogP contribution in [0.3, 0.4) is 0 Å². The number of fused-ring (bicyclic) bond motifs is 1. The number of rotatable bonds is 4. The van der Waals surface area contributed by atoms with Crippen LogP contribution in [0.25, 0.3) is 17.0 Å². The Morgan fingerprint density at radius 3 is 2.65 bits per heavy atom. The number of hydrogen-bond donors (Lipinski definition) is 2. The SMILES string of the molecule is COC(=O)C(C)(O)/C=C/c1cc2ccc(OC)c(O)c2oc1=O. The van der Waals surface area contributed by atoms with Crippen molar-refractivity contribution in [3.05, 3.63) is 40.3 Å². The predicted molar refractivity (Wildman–Crippen MR) is 82.4 cm³/mol. The van der Waals surface area contributed by atoms with Crippen LogP contribution in [0.4, 0.5) is 0 Å². The molecular weight excluding hydrogens is 304 g/mol. The van der Waals surface area contributed by atoms with E-state index in [1.54, 1.807) is 6.07 Å². The molecule has 0 spiro atoms. The van der Waals surface area contributed by atoms with E-state index in [1.165, 1.54) is 32.2 Å². The van der Waals surface area contributed by atoms with Gasteiger partial charge in [-0.05, 0) is 37.3 Å². The first-order valence-electron chi connectivity index (χ1n) is 6.64. The Bertz CT molecular complexity index is 830. The molecule has 0 amide bonds. The van der Waals surface area contributed by atoms with Crippen LogP contribution in [0.15, 0.2) is 33.5 Å². The van der Waals surface area contributed by atoms with Crippen molar-refractivity contribution in [2.24, 2.45) is 0 Å². The first-order valence-corrected chi connectivity index (χ1v) is 6.64. The van der Waals surface area contributed by atoms with Crippen LogP contribution in [0.5, 0.6) is 11.5 Å². The van der Waals surface area contributed by atoms with Crippen LogP contribution >= 0.6 is 0 Å². The van der Waals surface area contributed by atoms with E-state index in [9.17, 15) is 19.8 Å². The summed E-state index contributed by atoms with van der Waals surface area (Å²) in [6.45, 7) is 1.23. The molecule has 122 valence electrons. The molecule has 23 heavy (non-hydrogen) atoms. The lowest BCUT2D eigenvalue weighted by atomic mass is 10.1. The van der Waals surface area contributed by atoms with Crippen molar-refractivity contribution >= 4 is 23.0 Å². The summed E-state index contributed by atoms with van der Waals surface area (Å²) >= 11 is 0. The van der Waals surface area contributed by atoms with Crippen molar-refractivity contribution < 1.29 is 28.9 Å². The van der Waals surface area contributed by atoms with Gasteiger partial charge in [-0.1, -0.05) is 0 Å². The van der Waals surface area contributed by atoms with Crippen LogP contribution in [0.2, 0.25) is 0 Å². The van der Waals surface area contributed by atoms with E-state index in [4.69, 9.17) is 9.15 Å². The minimum atomic E-state index is -1.88. The zero-order valence-corrected chi connectivity index (χ0v) is 12.8. The number of carbonyl (C=O) groups excluding carboxylic acids is 1. The summed E-state index contributed by atoms with van der Waals surface area (Å²) in [7, 11) is 2.52. The number of esters is 1. The van der Waals surface area contributed by atoms with E-state index in [0.29, 0.717) is 5.39 Å². The molecule has 0 bridgehead atoms. The van der Waals surface area contributed by atoms with Gasteiger partial charge in [0.1, 0.15) is 0 Å². The highest BCUT2D eigenvalue weighted by Crippen LogP contribution is 2.33. The summed E-state index contributed by atoms with van der Waals surface area (Å²) in [5, 5.41) is 20.3. The molecule has 1 aromatic heterocycles. The fraction of sp³-hybridized carbons (Fsp3) is 0.250. The Balaban J connectivity index is 2.50. The number of benzene rings is 1. The number of carbonyl (C=O) groups is 1. The van der Waals surface area contributed by atoms with Gasteiger partial charge in [0.2, 0.25) is 5.75 Å². The van der Waals surface area contributed by atoms with Gasteiger partial charge < -0.3 is 24.1 Å². The van der Waals surface area contributed by atoms with Crippen LogP contribution in [-0.2, 0) is 9.53 Å². The Labute approximate surface area is 131 Å². The van der Waals surface area contributed by atoms with Crippen molar-refractivity contribution in [3.8, 4) is 11.5 Å². The van der Waals surface area contributed by atoms with E-state index in [1.807, 2.05) is 0 Å². The number of aromatic hydroxyl groups is 1. The standard InChI is InChI=1S/C16H16O7/c1-16(20,15(19)22-3)7-6-10-8-9-4-5-11(21-2)12(17)13(9)23-14(10)18/h4-8,17,20H,1-3H3/b7-6+. The Hall–Kier alpha value is -2.80. The lowest BCUT2D eigenvalue weighted by molar-refractivity contribution is -0.155. The summed E-state index contributed by atoms with van der Waals surface area (Å²) in [4.78, 5) is 23.4. The molecule has 2 aromatic rings. The van der Waals surface area contributed by atoms with Crippen LogP contribution < -0.4 is 10.4 Å². The molecule has 0 aliphatic carbocycles. The zero-order valence-electron chi connectivity index (χ0n) is 12.8. The average molecular weight is 320 g/mol. The molecule has 1 atom stereocenters. The van der Waals surface area contributed by atoms with Gasteiger partial charge in [0.15, 0.2) is 16.9 Å². The minimum absolute atomic E-state index is 0.00812. The lowest BCUT2D eigenvalue weighted by Crippen LogP contribution is -2.33. The highest BCUT2D eigenvalue weighted by atomic mass is 16.5. The Morgan fingerprint density at radius 1 is 1.35 bits per heavy atom. The number of phenolic OH excluding ortho intramolecular Hbond substituents is 1. The van der Waals surface area contributed by atoms with E-state index >= 15 is 0 Å². The van der Waals surface area contributed by atoms with Gasteiger partial charge in [0, 0.05) is 5.39 Å². The van der Waals surface area contributed by atoms with Gasteiger partial charge in [0.05, 0.1) is 19.8 Å². The smallest absolute Gasteiger partial charge is 0.343 e. The third-order valence-electron chi connectivity index (χ3n) is 3.27. The molecule has 1 unspecified atom stereocenters. The first-order chi connectivity index (χ1) is 10.8. The molecule has 0 aliphatic rings. The summed E-state index contributed by atoms with van der Waals surface area (Å²) < 4.78 is 14.5. The molecule has 7 heteroatoms. The van der Waals surface area contributed by atoms with Gasteiger partial charge >= 0.3 is 11.6 Å². The zero-order chi connectivity index (χ0) is 17.2. The molecule has 0 fully saturated rings. The number of phenols is 1. The fourth-order valence-electron chi connectivity index (χ4n) is 1.98. The molecule has 2 rings (SSSR count). The maximum atomic E-state index is 12.0. The third kappa shape index (κ3) is 3.19. The molecule has 0 saturated heterocycles. The topological polar surface area (TPSA) is 106 Å². The highest BCUT2D eigenvalue weighted by Gasteiger charge is 2.28. The Morgan fingerprint density at radius 2 is 2.04 bits per heavy atom. The fourth-order valence-corrected chi connectivity index (χ4v) is 1.98. The molecule has 1 aromatic carbocycles. The van der Waals surface area contributed by atoms with E-state index < -0.39 is 17.2 Å². The van der Waals surface area contributed by atoms with Crippen LogP contribution in [0, 0.1) is 0 Å². The molecule has 7 nitrogen and oxygen atoms in total. The van der Waals surface area contributed by atoms with E-state index in [2.05, 4.69) is 4.74 Å². The average Bonchev–Trinajstić information content (AvgIpc) is 2.53. The number of methoxy groups -OCH3 is 2. The van der Waals surface area contributed by atoms with Gasteiger partial charge in [-0.3, -0.25) is 0 Å². The maximum Gasteiger partial charge on any atom is 0.343 e. The summed E-state index contributed by atoms with van der Waals surface area (Å²) in [5.74, 6) is -0.960. The number of aliphatic hydroxyl groups is 1. The number of ether oxygens (including phenoxy) is 2. The minimum Gasteiger partial charge on any atom is -0.502 e. The van der Waals surface area contributed by atoms with Crippen molar-refractivity contribution in [1.29, 1.82) is 0 Å². The van der Waals surface area contributed by atoms with Crippen molar-refractivity contribution in [3.63, 3.8) is 0 Å². The van der Waals surface area contributed by atoms with Crippen molar-refractivity contribution in [2.75, 3.05) is 14.2 Å². The monoisotopic (exact) mass is 320 g/mol. The molecule has 2 N–H and O–H groups in total. The highest BCUT2D eigenvalue weighted by molar-refractivity contribution is 5.87. The second-order valence-electron chi connectivity index (χ2n) is 5.00. The molecule has 1 heterocycles. The maximum absolute atomic E-state index is 12.0. The van der Waals surface area contributed by atoms with Crippen molar-refractivity contribution in [2.45, 2.75) is 12.5 Å². The summed E-state index contributed by atoms with van der Waals surface area (Å²) in [5.41, 5.74) is -2.52. The summed E-state index contributed by atoms with van der Waals surface area (Å²) in [6.07, 6.45) is 2.38. The van der Waals surface area contributed by atoms with Gasteiger partial charge in [0.25, 0.3) is 0 Å². The van der Waals surface area contributed by atoms with Gasteiger partial charge in [-0.2, -0.15) is 0 Å². The first kappa shape index (κ1) is 16.6. The normalized spacial score (nSPS) is 13.9. The van der Waals surface area contributed by atoms with Crippen LogP contribution in [-0.4, -0.2) is 36.0 Å². The summed E-state index contributed by atoms with van der Waals surface area (Å²) in [6, 6.07) is 4.59. The van der Waals surface area contributed by atoms with E-state index in [0.717, 1.165) is 13.2 Å². The predicted octanol–water partition coefficient (Wildman–Crippen LogP) is 1.44. The third-order valence-corrected chi connectivity index (χ3v) is 3.27. The quantitative estimate of drug-likeness (QED) is 0.648. The largest absolute Gasteiger partial charge is 0.502 e. The Kier molecular flexibility index (Phi) is 4.42. The van der Waals surface area contributed by atoms with E-state index in [-0.39, 0.29) is 22.6 Å². The molecule has 0 saturated carbocycles. The number of hydrogen-bond acceptors (Lipinski definition) is 7. The molecular formula is C16H16O7. The van der Waals surface area contributed by atoms with Gasteiger partial charge in [-0.15, -0.1) is 0 Å². The lowest BCUT2D eigenvalue weighted by Gasteiger charge is -2.14. The van der Waals surface area contributed by atoms with Crippen molar-refractivity contribution in [1.82, 2.24) is 0 Å². The second-order valence-corrected chi connectivity index (χ2v) is 5.00. The van der Waals surface area contributed by atoms with Crippen LogP contribution in [0.1, 0.15) is 12.5 Å². The molecule has 0 aliphatic heterocycles.